The van der Waals surface area contributed by atoms with Crippen molar-refractivity contribution in [3.05, 3.63) is 64.6 Å². The molecule has 11 heteroatoms. The second kappa shape index (κ2) is 12.4. The number of ketones is 1. The van der Waals surface area contributed by atoms with Crippen LogP contribution < -0.4 is 4.74 Å². The molecule has 1 fully saturated rings. The predicted molar refractivity (Wildman–Crippen MR) is 140 cm³/mol. The molecule has 1 saturated heterocycles. The van der Waals surface area contributed by atoms with Crippen molar-refractivity contribution in [3.8, 4) is 5.75 Å². The quantitative estimate of drug-likeness (QED) is 0.181. The van der Waals surface area contributed by atoms with Gasteiger partial charge in [-0.05, 0) is 49.6 Å². The van der Waals surface area contributed by atoms with E-state index in [0.29, 0.717) is 60.0 Å². The summed E-state index contributed by atoms with van der Waals surface area (Å²) in [6.07, 6.45) is 2.52. The third-order valence-electron chi connectivity index (χ3n) is 6.83. The molecule has 0 bridgehead atoms. The number of nitrogens with zero attached hydrogens (tertiary/aromatic N) is 2. The summed E-state index contributed by atoms with van der Waals surface area (Å²) >= 11 is 7.32. The highest BCUT2D eigenvalue weighted by atomic mass is 35.5. The highest BCUT2D eigenvalue weighted by molar-refractivity contribution is 7.99. The number of fused-ring (bicyclic) bond motifs is 1. The molecule has 2 unspecified atom stereocenters. The van der Waals surface area contributed by atoms with Crippen LogP contribution in [0.4, 0.5) is 13.2 Å². The number of ether oxygens (including phenoxy) is 1. The summed E-state index contributed by atoms with van der Waals surface area (Å²) in [6, 6.07) is 6.64. The molecule has 0 spiro atoms. The number of aromatic nitrogens is 1. The number of hydrogen-bond donors (Lipinski definition) is 1. The van der Waals surface area contributed by atoms with Gasteiger partial charge in [0.2, 0.25) is 0 Å². The molecule has 2 heterocycles. The van der Waals surface area contributed by atoms with Crippen LogP contribution >= 0.6 is 23.4 Å². The Kier molecular flexibility index (Phi) is 9.17. The lowest BCUT2D eigenvalue weighted by Crippen LogP contribution is -2.44. The molecule has 1 aliphatic heterocycles. The number of hydrogen-bond acceptors (Lipinski definition) is 6. The van der Waals surface area contributed by atoms with Crippen LogP contribution in [0.1, 0.15) is 29.6 Å². The molecule has 0 amide bonds. The Morgan fingerprint density at radius 1 is 1.24 bits per heavy atom. The Bertz CT molecular complexity index is 1360. The van der Waals surface area contributed by atoms with Crippen molar-refractivity contribution >= 4 is 46.0 Å². The minimum Gasteiger partial charge on any atom is -0.497 e. The molecule has 0 radical (unpaired) electrons. The van der Waals surface area contributed by atoms with Crippen LogP contribution in [0, 0.1) is 29.3 Å². The van der Waals surface area contributed by atoms with Gasteiger partial charge in [0.15, 0.2) is 17.4 Å². The lowest BCUT2D eigenvalue weighted by atomic mass is 9.81. The standard InChI is InChI=1S/C27H26ClF3N2O4S/c1-37-17-3-4-22-18(12-17)25(20(28)13-32-22)23(34)5-2-15-6-7-33(14-19(15)27(35)36)8-9-38-24-11-16(29)10-21(30)26(24)31/h3-4,10-13,15,19H,2,5-9,14H2,1H3,(H,35,36). The van der Waals surface area contributed by atoms with Crippen LogP contribution in [0.25, 0.3) is 10.9 Å². The van der Waals surface area contributed by atoms with E-state index < -0.39 is 29.3 Å². The zero-order valence-electron chi connectivity index (χ0n) is 20.6. The Morgan fingerprint density at radius 2 is 2.03 bits per heavy atom. The van der Waals surface area contributed by atoms with Gasteiger partial charge in [-0.2, -0.15) is 0 Å². The average molecular weight is 567 g/mol. The van der Waals surface area contributed by atoms with Gasteiger partial charge in [-0.25, -0.2) is 13.2 Å². The average Bonchev–Trinajstić information content (AvgIpc) is 2.89. The molecular weight excluding hydrogens is 541 g/mol. The van der Waals surface area contributed by atoms with E-state index in [0.717, 1.165) is 17.8 Å². The summed E-state index contributed by atoms with van der Waals surface area (Å²) in [5.74, 6) is -4.32. The van der Waals surface area contributed by atoms with E-state index >= 15 is 0 Å². The number of likely N-dealkylation sites (tertiary alicyclic amines) is 1. The number of aliphatic carboxylic acids is 1. The number of pyridine rings is 1. The van der Waals surface area contributed by atoms with E-state index in [-0.39, 0.29) is 34.6 Å². The molecule has 38 heavy (non-hydrogen) atoms. The zero-order valence-corrected chi connectivity index (χ0v) is 22.1. The molecule has 0 aliphatic carbocycles. The summed E-state index contributed by atoms with van der Waals surface area (Å²) < 4.78 is 46.0. The molecular formula is C27H26ClF3N2O4S. The SMILES string of the molecule is COc1ccc2ncc(Cl)c(C(=O)CCC3CCN(CCSc4cc(F)cc(F)c4F)CC3C(=O)O)c2c1. The van der Waals surface area contributed by atoms with Gasteiger partial charge in [0.25, 0.3) is 0 Å². The first-order valence-corrected chi connectivity index (χ1v) is 13.4. The van der Waals surface area contributed by atoms with Crippen LogP contribution in [0.2, 0.25) is 5.02 Å². The fourth-order valence-electron chi connectivity index (χ4n) is 4.82. The summed E-state index contributed by atoms with van der Waals surface area (Å²) in [6.45, 7) is 1.29. The molecule has 6 nitrogen and oxygen atoms in total. The van der Waals surface area contributed by atoms with E-state index in [1.165, 1.54) is 13.3 Å². The van der Waals surface area contributed by atoms with Gasteiger partial charge in [-0.15, -0.1) is 11.8 Å². The van der Waals surface area contributed by atoms with Crippen LogP contribution in [-0.2, 0) is 4.79 Å². The van der Waals surface area contributed by atoms with Gasteiger partial charge in [0.1, 0.15) is 11.6 Å². The summed E-state index contributed by atoms with van der Waals surface area (Å²) in [7, 11) is 1.53. The zero-order chi connectivity index (χ0) is 27.4. The van der Waals surface area contributed by atoms with Crippen molar-refractivity contribution < 1.29 is 32.6 Å². The molecule has 2 atom stereocenters. The highest BCUT2D eigenvalue weighted by Gasteiger charge is 2.34. The fourth-order valence-corrected chi connectivity index (χ4v) is 6.06. The van der Waals surface area contributed by atoms with Crippen molar-refractivity contribution in [1.29, 1.82) is 0 Å². The summed E-state index contributed by atoms with van der Waals surface area (Å²) in [4.78, 5) is 31.4. The van der Waals surface area contributed by atoms with Gasteiger partial charge < -0.3 is 14.7 Å². The van der Waals surface area contributed by atoms with Gasteiger partial charge in [-0.1, -0.05) is 11.6 Å². The first-order chi connectivity index (χ1) is 18.2. The van der Waals surface area contributed by atoms with Crippen molar-refractivity contribution in [2.45, 2.75) is 24.2 Å². The molecule has 4 rings (SSSR count). The third kappa shape index (κ3) is 6.42. The van der Waals surface area contributed by atoms with E-state index in [4.69, 9.17) is 16.3 Å². The first-order valence-electron chi connectivity index (χ1n) is 12.1. The number of carbonyl (C=O) groups excluding carboxylic acids is 1. The van der Waals surface area contributed by atoms with E-state index in [1.54, 1.807) is 18.2 Å². The molecule has 1 aliphatic rings. The number of Topliss-reactive ketones (excluding diaryl/α,β-unsaturated/α-hetero) is 1. The van der Waals surface area contributed by atoms with Crippen LogP contribution in [-0.4, -0.2) is 59.2 Å². The number of methoxy groups -OCH3 is 1. The first kappa shape index (κ1) is 28.2. The molecule has 3 aromatic rings. The number of benzene rings is 2. The van der Waals surface area contributed by atoms with Crippen LogP contribution in [0.3, 0.4) is 0 Å². The summed E-state index contributed by atoms with van der Waals surface area (Å²) in [5.41, 5.74) is 0.951. The van der Waals surface area contributed by atoms with Crippen LogP contribution in [0.5, 0.6) is 5.75 Å². The molecule has 0 saturated carbocycles. The van der Waals surface area contributed by atoms with Gasteiger partial charge in [0.05, 0.1) is 23.6 Å². The number of carbonyl (C=O) groups is 2. The number of rotatable bonds is 10. The minimum atomic E-state index is -1.24. The van der Waals surface area contributed by atoms with Crippen molar-refractivity contribution in [2.24, 2.45) is 11.8 Å². The van der Waals surface area contributed by atoms with Crippen molar-refractivity contribution in [2.75, 3.05) is 32.5 Å². The molecule has 1 aromatic heterocycles. The maximum absolute atomic E-state index is 13.9. The van der Waals surface area contributed by atoms with Crippen molar-refractivity contribution in [3.63, 3.8) is 0 Å². The second-order valence-corrected chi connectivity index (χ2v) is 10.7. The van der Waals surface area contributed by atoms with Gasteiger partial charge in [0, 0.05) is 53.4 Å². The highest BCUT2D eigenvalue weighted by Crippen LogP contribution is 2.33. The topological polar surface area (TPSA) is 79.7 Å². The smallest absolute Gasteiger partial charge is 0.308 e. The maximum atomic E-state index is 13.9. The fraction of sp³-hybridized carbons (Fsp3) is 0.370. The number of carboxylic acid groups (broad SMARTS) is 1. The Hall–Kier alpha value is -2.82. The predicted octanol–water partition coefficient (Wildman–Crippen LogP) is 6.09. The summed E-state index contributed by atoms with van der Waals surface area (Å²) in [5, 5.41) is 10.7. The number of piperidine rings is 1. The lowest BCUT2D eigenvalue weighted by Gasteiger charge is -2.36. The molecule has 202 valence electrons. The molecule has 2 aromatic carbocycles. The van der Waals surface area contributed by atoms with Crippen molar-refractivity contribution in [1.82, 2.24) is 9.88 Å². The number of carboxylic acids is 1. The van der Waals surface area contributed by atoms with E-state index in [2.05, 4.69) is 4.98 Å². The third-order valence-corrected chi connectivity index (χ3v) is 8.11. The minimum absolute atomic E-state index is 0.120. The number of thioether (sulfide) groups is 1. The lowest BCUT2D eigenvalue weighted by molar-refractivity contribution is -0.146. The Labute approximate surface area is 227 Å². The van der Waals surface area contributed by atoms with Crippen LogP contribution in [0.15, 0.2) is 41.4 Å². The second-order valence-electron chi connectivity index (χ2n) is 9.17. The monoisotopic (exact) mass is 566 g/mol. The van der Waals surface area contributed by atoms with Gasteiger partial charge >= 0.3 is 5.97 Å². The Balaban J connectivity index is 1.37. The Morgan fingerprint density at radius 3 is 2.76 bits per heavy atom. The largest absolute Gasteiger partial charge is 0.497 e. The van der Waals surface area contributed by atoms with Gasteiger partial charge in [-0.3, -0.25) is 14.6 Å². The normalized spacial score (nSPS) is 18.0. The maximum Gasteiger partial charge on any atom is 0.308 e. The van der Waals surface area contributed by atoms with E-state index in [1.807, 2.05) is 4.90 Å². The molecule has 1 N–H and O–H groups in total. The van der Waals surface area contributed by atoms with E-state index in [9.17, 15) is 27.9 Å². The number of halogens is 4.